The fourth-order valence-electron chi connectivity index (χ4n) is 3.36. The van der Waals surface area contributed by atoms with Crippen molar-refractivity contribution in [2.45, 2.75) is 25.5 Å². The molecule has 1 fully saturated rings. The van der Waals surface area contributed by atoms with Crippen molar-refractivity contribution >= 4 is 23.0 Å². The van der Waals surface area contributed by atoms with Gasteiger partial charge in [-0.3, -0.25) is 4.90 Å². The summed E-state index contributed by atoms with van der Waals surface area (Å²) in [4.78, 5) is 28.7. The zero-order valence-corrected chi connectivity index (χ0v) is 16.5. The van der Waals surface area contributed by atoms with Crippen molar-refractivity contribution in [3.8, 4) is 0 Å². The maximum Gasteiger partial charge on any atom is 0.414 e. The van der Waals surface area contributed by atoms with Gasteiger partial charge in [0.05, 0.1) is 30.3 Å². The summed E-state index contributed by atoms with van der Waals surface area (Å²) in [6, 6.07) is 18.8. The number of carboxylic acid groups (broad SMARTS) is 2. The average molecular weight is 411 g/mol. The largest absolute Gasteiger partial charge is 0.473 e. The molecule has 30 heavy (non-hydrogen) atoms. The number of para-hydroxylation sites is 2. The second-order valence-corrected chi connectivity index (χ2v) is 7.06. The van der Waals surface area contributed by atoms with Gasteiger partial charge in [0.1, 0.15) is 5.82 Å². The monoisotopic (exact) mass is 411 g/mol. The number of aromatic nitrogens is 2. The predicted octanol–water partition coefficient (Wildman–Crippen LogP) is 2.55. The molecule has 1 unspecified atom stereocenters. The Labute approximate surface area is 174 Å². The van der Waals surface area contributed by atoms with Crippen LogP contribution in [0.5, 0.6) is 0 Å². The molecule has 1 atom stereocenters. The Balaban J connectivity index is 0.000000377. The van der Waals surface area contributed by atoms with Crippen LogP contribution in [-0.4, -0.2) is 62.8 Å². The normalized spacial score (nSPS) is 16.6. The maximum atomic E-state index is 9.10. The lowest BCUT2D eigenvalue weighted by molar-refractivity contribution is -0.159. The van der Waals surface area contributed by atoms with Crippen molar-refractivity contribution in [1.29, 1.82) is 0 Å². The van der Waals surface area contributed by atoms with Gasteiger partial charge in [-0.2, -0.15) is 0 Å². The second kappa shape index (κ2) is 10.5. The third kappa shape index (κ3) is 6.40. The Hall–Kier alpha value is -3.23. The van der Waals surface area contributed by atoms with Crippen LogP contribution in [0.3, 0.4) is 0 Å². The molecule has 0 radical (unpaired) electrons. The summed E-state index contributed by atoms with van der Waals surface area (Å²) >= 11 is 0. The highest BCUT2D eigenvalue weighted by Crippen LogP contribution is 2.16. The molecule has 3 aromatic rings. The number of benzene rings is 2. The van der Waals surface area contributed by atoms with E-state index >= 15 is 0 Å². The van der Waals surface area contributed by atoms with E-state index in [2.05, 4.69) is 57.3 Å². The molecule has 0 saturated carbocycles. The molecule has 1 aromatic heterocycles. The molecule has 0 spiro atoms. The smallest absolute Gasteiger partial charge is 0.414 e. The number of H-pyrrole nitrogens is 1. The number of hydrogen-bond acceptors (Lipinski definition) is 5. The highest BCUT2D eigenvalue weighted by molar-refractivity contribution is 6.27. The molecule has 2 heterocycles. The summed E-state index contributed by atoms with van der Waals surface area (Å²) in [7, 11) is 0. The zero-order valence-electron chi connectivity index (χ0n) is 16.5. The Bertz CT molecular complexity index is 928. The van der Waals surface area contributed by atoms with Crippen molar-refractivity contribution in [2.75, 3.05) is 19.7 Å². The standard InChI is InChI=1S/C20H23N3O.C2H2O4/c1-2-6-16(7-3-1)10-11-17-14-23(12-13-24-17)15-20-21-18-8-4-5-9-19(18)22-20;3-1(4)2(5)6/h1-9,17H,10-15H2,(H,21,22);(H,3,4)(H,5,6). The minimum absolute atomic E-state index is 0.309. The van der Waals surface area contributed by atoms with E-state index in [1.54, 1.807) is 0 Å². The lowest BCUT2D eigenvalue weighted by atomic mass is 10.1. The Morgan fingerprint density at radius 1 is 1.07 bits per heavy atom. The van der Waals surface area contributed by atoms with Gasteiger partial charge in [-0.05, 0) is 30.5 Å². The molecule has 0 aliphatic carbocycles. The predicted molar refractivity (Wildman–Crippen MR) is 111 cm³/mol. The summed E-state index contributed by atoms with van der Waals surface area (Å²) in [6.07, 6.45) is 2.45. The second-order valence-electron chi connectivity index (χ2n) is 7.06. The minimum Gasteiger partial charge on any atom is -0.473 e. The van der Waals surface area contributed by atoms with Crippen LogP contribution in [0, 0.1) is 0 Å². The number of morpholine rings is 1. The zero-order chi connectivity index (χ0) is 21.3. The number of rotatable bonds is 5. The van der Waals surface area contributed by atoms with Crippen LogP contribution in [0.4, 0.5) is 0 Å². The first-order valence-corrected chi connectivity index (χ1v) is 9.79. The quantitative estimate of drug-likeness (QED) is 0.553. The molecule has 158 valence electrons. The summed E-state index contributed by atoms with van der Waals surface area (Å²) < 4.78 is 5.95. The van der Waals surface area contributed by atoms with E-state index in [4.69, 9.17) is 24.5 Å². The summed E-state index contributed by atoms with van der Waals surface area (Å²) in [5, 5.41) is 14.8. The molecule has 0 bridgehead atoms. The number of nitrogens with one attached hydrogen (secondary N) is 1. The molecule has 4 rings (SSSR count). The van der Waals surface area contributed by atoms with Crippen LogP contribution in [0.2, 0.25) is 0 Å². The van der Waals surface area contributed by atoms with Crippen molar-refractivity contribution in [1.82, 2.24) is 14.9 Å². The van der Waals surface area contributed by atoms with Gasteiger partial charge in [-0.1, -0.05) is 42.5 Å². The Kier molecular flexibility index (Phi) is 7.53. The molecule has 0 amide bonds. The fourth-order valence-corrected chi connectivity index (χ4v) is 3.36. The van der Waals surface area contributed by atoms with Crippen LogP contribution in [-0.2, 0) is 27.3 Å². The van der Waals surface area contributed by atoms with Crippen molar-refractivity contribution in [3.05, 3.63) is 66.0 Å². The number of aryl methyl sites for hydroxylation is 1. The molecule has 8 nitrogen and oxygen atoms in total. The van der Waals surface area contributed by atoms with Gasteiger partial charge in [0.15, 0.2) is 0 Å². The van der Waals surface area contributed by atoms with Crippen LogP contribution < -0.4 is 0 Å². The molecular formula is C22H25N3O5. The number of hydrogen-bond donors (Lipinski definition) is 3. The molecule has 3 N–H and O–H groups in total. The van der Waals surface area contributed by atoms with Gasteiger partial charge < -0.3 is 19.9 Å². The average Bonchev–Trinajstić information content (AvgIpc) is 3.16. The number of nitrogens with zero attached hydrogens (tertiary/aromatic N) is 2. The van der Waals surface area contributed by atoms with E-state index in [9.17, 15) is 0 Å². The Morgan fingerprint density at radius 3 is 2.47 bits per heavy atom. The topological polar surface area (TPSA) is 116 Å². The maximum absolute atomic E-state index is 9.10. The number of aliphatic carboxylic acids is 2. The Morgan fingerprint density at radius 2 is 1.77 bits per heavy atom. The first kappa shape index (κ1) is 21.5. The molecule has 1 aliphatic heterocycles. The summed E-state index contributed by atoms with van der Waals surface area (Å²) in [5.41, 5.74) is 3.54. The van der Waals surface area contributed by atoms with E-state index in [-0.39, 0.29) is 0 Å². The number of ether oxygens (including phenoxy) is 1. The highest BCUT2D eigenvalue weighted by atomic mass is 16.5. The molecule has 2 aromatic carbocycles. The number of fused-ring (bicyclic) bond motifs is 1. The van der Waals surface area contributed by atoms with E-state index in [0.29, 0.717) is 6.10 Å². The van der Waals surface area contributed by atoms with Crippen LogP contribution >= 0.6 is 0 Å². The van der Waals surface area contributed by atoms with E-state index in [1.807, 2.05) is 12.1 Å². The van der Waals surface area contributed by atoms with Gasteiger partial charge in [-0.15, -0.1) is 0 Å². The van der Waals surface area contributed by atoms with E-state index in [1.165, 1.54) is 5.56 Å². The lowest BCUT2D eigenvalue weighted by Gasteiger charge is -2.32. The molecule has 1 saturated heterocycles. The number of aromatic amines is 1. The van der Waals surface area contributed by atoms with Crippen molar-refractivity contribution in [3.63, 3.8) is 0 Å². The molecule has 8 heteroatoms. The first-order valence-electron chi connectivity index (χ1n) is 9.79. The van der Waals surface area contributed by atoms with Crippen LogP contribution in [0.15, 0.2) is 54.6 Å². The summed E-state index contributed by atoms with van der Waals surface area (Å²) in [5.74, 6) is -2.61. The van der Waals surface area contributed by atoms with Gasteiger partial charge in [0, 0.05) is 13.1 Å². The van der Waals surface area contributed by atoms with Crippen molar-refractivity contribution in [2.24, 2.45) is 0 Å². The van der Waals surface area contributed by atoms with E-state index < -0.39 is 11.9 Å². The van der Waals surface area contributed by atoms with E-state index in [0.717, 1.165) is 55.9 Å². The number of imidazole rings is 1. The molecular weight excluding hydrogens is 386 g/mol. The fraction of sp³-hybridized carbons (Fsp3) is 0.318. The minimum atomic E-state index is -1.82. The van der Waals surface area contributed by atoms with Gasteiger partial charge >= 0.3 is 11.9 Å². The lowest BCUT2D eigenvalue weighted by Crippen LogP contribution is -2.42. The number of carboxylic acids is 2. The molecule has 1 aliphatic rings. The van der Waals surface area contributed by atoms with Crippen LogP contribution in [0.25, 0.3) is 11.0 Å². The number of carbonyl (C=O) groups is 2. The van der Waals surface area contributed by atoms with Crippen molar-refractivity contribution < 1.29 is 24.5 Å². The third-order valence-corrected chi connectivity index (χ3v) is 4.82. The SMILES string of the molecule is O=C(O)C(=O)O.c1ccc(CCC2CN(Cc3nc4ccccc4[nH]3)CCO2)cc1. The highest BCUT2D eigenvalue weighted by Gasteiger charge is 2.21. The van der Waals surface area contributed by atoms with Gasteiger partial charge in [0.2, 0.25) is 0 Å². The third-order valence-electron chi connectivity index (χ3n) is 4.82. The first-order chi connectivity index (χ1) is 14.5. The van der Waals surface area contributed by atoms with Gasteiger partial charge in [0.25, 0.3) is 0 Å². The van der Waals surface area contributed by atoms with Crippen LogP contribution in [0.1, 0.15) is 17.8 Å². The van der Waals surface area contributed by atoms with Gasteiger partial charge in [-0.25, -0.2) is 14.6 Å². The summed E-state index contributed by atoms with van der Waals surface area (Å²) in [6.45, 7) is 3.61.